The SMILES string of the molecule is O=S(=O)(c1cc(-c2ccno2)cs1)N1CCOCC1. The number of hydrogen-bond donors (Lipinski definition) is 0. The standard InChI is InChI=1S/C11H12N2O4S2/c14-19(15,13-3-5-16-6-4-13)11-7-9(8-18-11)10-1-2-12-17-10/h1-2,7-8H,3-6H2. The second kappa shape index (κ2) is 5.04. The first kappa shape index (κ1) is 12.8. The van der Waals surface area contributed by atoms with Gasteiger partial charge >= 0.3 is 0 Å². The fourth-order valence-corrected chi connectivity index (χ4v) is 4.59. The first-order valence-corrected chi connectivity index (χ1v) is 8.07. The Morgan fingerprint density at radius 3 is 2.79 bits per heavy atom. The van der Waals surface area contributed by atoms with Crippen LogP contribution in [0.3, 0.4) is 0 Å². The second-order valence-electron chi connectivity index (χ2n) is 4.05. The summed E-state index contributed by atoms with van der Waals surface area (Å²) in [6.07, 6.45) is 1.53. The molecular weight excluding hydrogens is 288 g/mol. The van der Waals surface area contributed by atoms with Crippen LogP contribution in [0.5, 0.6) is 0 Å². The van der Waals surface area contributed by atoms with E-state index in [0.717, 1.165) is 5.56 Å². The van der Waals surface area contributed by atoms with Gasteiger partial charge in [0, 0.05) is 30.1 Å². The lowest BCUT2D eigenvalue weighted by Crippen LogP contribution is -2.40. The number of ether oxygens (including phenoxy) is 1. The monoisotopic (exact) mass is 300 g/mol. The zero-order valence-electron chi connectivity index (χ0n) is 9.98. The van der Waals surface area contributed by atoms with Crippen LogP contribution in [-0.2, 0) is 14.8 Å². The van der Waals surface area contributed by atoms with E-state index in [1.807, 2.05) is 0 Å². The molecule has 0 aromatic carbocycles. The van der Waals surface area contributed by atoms with Crippen LogP contribution in [0.1, 0.15) is 0 Å². The van der Waals surface area contributed by atoms with Gasteiger partial charge in [-0.1, -0.05) is 5.16 Å². The summed E-state index contributed by atoms with van der Waals surface area (Å²) < 4.78 is 36.8. The summed E-state index contributed by atoms with van der Waals surface area (Å²) in [5.74, 6) is 0.569. The van der Waals surface area contributed by atoms with Crippen molar-refractivity contribution < 1.29 is 17.7 Å². The van der Waals surface area contributed by atoms with E-state index in [1.165, 1.54) is 21.8 Å². The maximum Gasteiger partial charge on any atom is 0.252 e. The van der Waals surface area contributed by atoms with Crippen molar-refractivity contribution in [1.29, 1.82) is 0 Å². The molecule has 0 saturated carbocycles. The molecule has 1 saturated heterocycles. The summed E-state index contributed by atoms with van der Waals surface area (Å²) in [7, 11) is -3.42. The highest BCUT2D eigenvalue weighted by Crippen LogP contribution is 2.30. The molecule has 3 rings (SSSR count). The van der Waals surface area contributed by atoms with Crippen molar-refractivity contribution >= 4 is 21.4 Å². The molecule has 0 radical (unpaired) electrons. The molecular formula is C11H12N2O4S2. The van der Waals surface area contributed by atoms with Crippen LogP contribution in [0.15, 0.2) is 32.4 Å². The van der Waals surface area contributed by atoms with Crippen LogP contribution in [0.2, 0.25) is 0 Å². The van der Waals surface area contributed by atoms with Crippen molar-refractivity contribution in [1.82, 2.24) is 9.46 Å². The molecule has 8 heteroatoms. The van der Waals surface area contributed by atoms with E-state index in [1.54, 1.807) is 17.5 Å². The molecule has 1 aliphatic rings. The molecule has 6 nitrogen and oxygen atoms in total. The minimum Gasteiger partial charge on any atom is -0.379 e. The highest BCUT2D eigenvalue weighted by Gasteiger charge is 2.28. The average molecular weight is 300 g/mol. The molecule has 2 aromatic heterocycles. The highest BCUT2D eigenvalue weighted by molar-refractivity contribution is 7.91. The Hall–Kier alpha value is -1.22. The van der Waals surface area contributed by atoms with E-state index in [4.69, 9.17) is 9.26 Å². The summed E-state index contributed by atoms with van der Waals surface area (Å²) >= 11 is 1.19. The Morgan fingerprint density at radius 1 is 1.32 bits per heavy atom. The molecule has 0 aliphatic carbocycles. The van der Waals surface area contributed by atoms with Crippen LogP contribution in [0.4, 0.5) is 0 Å². The number of morpholine rings is 1. The van der Waals surface area contributed by atoms with Gasteiger partial charge < -0.3 is 9.26 Å². The van der Waals surface area contributed by atoms with Gasteiger partial charge in [-0.15, -0.1) is 11.3 Å². The maximum atomic E-state index is 12.4. The fraction of sp³-hybridized carbons (Fsp3) is 0.364. The summed E-state index contributed by atoms with van der Waals surface area (Å²) in [5, 5.41) is 5.37. The zero-order chi connectivity index (χ0) is 13.3. The molecule has 1 fully saturated rings. The van der Waals surface area contributed by atoms with E-state index in [-0.39, 0.29) is 0 Å². The van der Waals surface area contributed by atoms with E-state index < -0.39 is 10.0 Å². The van der Waals surface area contributed by atoms with Crippen molar-refractivity contribution in [2.24, 2.45) is 0 Å². The summed E-state index contributed by atoms with van der Waals surface area (Å²) in [4.78, 5) is 0. The molecule has 2 aromatic rings. The number of aromatic nitrogens is 1. The molecule has 0 unspecified atom stereocenters. The van der Waals surface area contributed by atoms with Crippen molar-refractivity contribution in [2.75, 3.05) is 26.3 Å². The Morgan fingerprint density at radius 2 is 2.11 bits per heavy atom. The number of nitrogens with zero attached hydrogens (tertiary/aromatic N) is 2. The van der Waals surface area contributed by atoms with Crippen molar-refractivity contribution in [3.63, 3.8) is 0 Å². The Labute approximate surface area is 114 Å². The lowest BCUT2D eigenvalue weighted by molar-refractivity contribution is 0.0731. The van der Waals surface area contributed by atoms with Gasteiger partial charge in [0.2, 0.25) is 0 Å². The fourth-order valence-electron chi connectivity index (χ4n) is 1.86. The molecule has 0 spiro atoms. The third-order valence-corrected chi connectivity index (χ3v) is 6.18. The van der Waals surface area contributed by atoms with Crippen LogP contribution in [0.25, 0.3) is 11.3 Å². The Kier molecular flexibility index (Phi) is 3.40. The van der Waals surface area contributed by atoms with Gasteiger partial charge in [-0.25, -0.2) is 8.42 Å². The van der Waals surface area contributed by atoms with Crippen molar-refractivity contribution in [3.05, 3.63) is 23.7 Å². The molecule has 19 heavy (non-hydrogen) atoms. The first-order valence-electron chi connectivity index (χ1n) is 5.75. The third-order valence-electron chi connectivity index (χ3n) is 2.86. The van der Waals surface area contributed by atoms with Crippen molar-refractivity contribution in [3.8, 4) is 11.3 Å². The van der Waals surface area contributed by atoms with E-state index in [0.29, 0.717) is 36.3 Å². The van der Waals surface area contributed by atoms with Gasteiger partial charge in [0.05, 0.1) is 19.4 Å². The first-order chi connectivity index (χ1) is 9.18. The summed E-state index contributed by atoms with van der Waals surface area (Å²) in [5.41, 5.74) is 0.731. The predicted molar refractivity (Wildman–Crippen MR) is 69.4 cm³/mol. The molecule has 0 atom stereocenters. The predicted octanol–water partition coefficient (Wildman–Crippen LogP) is 1.42. The van der Waals surface area contributed by atoms with E-state index in [2.05, 4.69) is 5.16 Å². The molecule has 102 valence electrons. The number of sulfonamides is 1. The normalized spacial score (nSPS) is 17.7. The minimum absolute atomic E-state index is 0.320. The van der Waals surface area contributed by atoms with Gasteiger partial charge in [0.25, 0.3) is 10.0 Å². The molecule has 0 bridgehead atoms. The number of thiophene rings is 1. The summed E-state index contributed by atoms with van der Waals surface area (Å²) in [6, 6.07) is 3.32. The van der Waals surface area contributed by atoms with Gasteiger partial charge in [0.1, 0.15) is 4.21 Å². The molecule has 1 aliphatic heterocycles. The molecule has 3 heterocycles. The second-order valence-corrected chi connectivity index (χ2v) is 7.12. The third kappa shape index (κ3) is 2.44. The lowest BCUT2D eigenvalue weighted by atomic mass is 10.3. The van der Waals surface area contributed by atoms with Crippen LogP contribution in [-0.4, -0.2) is 44.2 Å². The van der Waals surface area contributed by atoms with Gasteiger partial charge in [-0.05, 0) is 6.07 Å². The van der Waals surface area contributed by atoms with Crippen LogP contribution < -0.4 is 0 Å². The number of hydrogen-bond acceptors (Lipinski definition) is 6. The Bertz CT molecular complexity index is 642. The van der Waals surface area contributed by atoms with Gasteiger partial charge in [0.15, 0.2) is 5.76 Å². The zero-order valence-corrected chi connectivity index (χ0v) is 11.6. The largest absolute Gasteiger partial charge is 0.379 e. The van der Waals surface area contributed by atoms with Crippen molar-refractivity contribution in [2.45, 2.75) is 4.21 Å². The average Bonchev–Trinajstić information content (AvgIpc) is 3.10. The lowest BCUT2D eigenvalue weighted by Gasteiger charge is -2.25. The number of rotatable bonds is 3. The topological polar surface area (TPSA) is 72.6 Å². The van der Waals surface area contributed by atoms with Crippen LogP contribution in [0, 0.1) is 0 Å². The highest BCUT2D eigenvalue weighted by atomic mass is 32.2. The minimum atomic E-state index is -3.42. The summed E-state index contributed by atoms with van der Waals surface area (Å²) in [6.45, 7) is 1.69. The maximum absolute atomic E-state index is 12.4. The molecule has 0 N–H and O–H groups in total. The van der Waals surface area contributed by atoms with Gasteiger partial charge in [-0.3, -0.25) is 0 Å². The van der Waals surface area contributed by atoms with E-state index >= 15 is 0 Å². The van der Waals surface area contributed by atoms with E-state index in [9.17, 15) is 8.42 Å². The van der Waals surface area contributed by atoms with Gasteiger partial charge in [-0.2, -0.15) is 4.31 Å². The smallest absolute Gasteiger partial charge is 0.252 e. The Balaban J connectivity index is 1.89. The quantitative estimate of drug-likeness (QED) is 0.857. The van der Waals surface area contributed by atoms with Crippen LogP contribution >= 0.6 is 11.3 Å². The molecule has 0 amide bonds.